The molecule has 0 aliphatic carbocycles. The van der Waals surface area contributed by atoms with E-state index in [4.69, 9.17) is 15.2 Å². The molecule has 2 aromatic rings. The molecule has 4 N–H and O–H groups in total. The molecule has 0 aromatic heterocycles. The average molecular weight is 667 g/mol. The highest BCUT2D eigenvalue weighted by molar-refractivity contribution is 5.94. The van der Waals surface area contributed by atoms with Gasteiger partial charge in [0, 0.05) is 18.9 Å². The van der Waals surface area contributed by atoms with E-state index < -0.39 is 65.2 Å². The molecule has 0 radical (unpaired) electrons. The highest BCUT2D eigenvalue weighted by atomic mass is 16.6. The number of aryl methyl sites for hydroxylation is 2. The Morgan fingerprint density at radius 2 is 1.38 bits per heavy atom. The first-order valence-corrected chi connectivity index (χ1v) is 16.5. The van der Waals surface area contributed by atoms with Gasteiger partial charge in [-0.3, -0.25) is 14.4 Å². The second kappa shape index (κ2) is 17.1. The molecule has 0 aliphatic heterocycles. The van der Waals surface area contributed by atoms with Gasteiger partial charge in [0.05, 0.1) is 0 Å². The summed E-state index contributed by atoms with van der Waals surface area (Å²) in [6, 6.07) is 10.8. The van der Waals surface area contributed by atoms with Gasteiger partial charge in [0.25, 0.3) is 0 Å². The number of nitrogens with zero attached hydrogens (tertiary/aromatic N) is 1. The number of alkyl carbamates (subject to hydrolysis) is 1. The maximum Gasteiger partial charge on any atom is 0.408 e. The summed E-state index contributed by atoms with van der Waals surface area (Å²) < 4.78 is 11.1. The molecule has 0 saturated carbocycles. The van der Waals surface area contributed by atoms with Gasteiger partial charge in [-0.2, -0.15) is 0 Å². The van der Waals surface area contributed by atoms with Gasteiger partial charge in [-0.15, -0.1) is 0 Å². The number of rotatable bonds is 14. The van der Waals surface area contributed by atoms with E-state index in [0.29, 0.717) is 12.0 Å². The molecule has 0 saturated heterocycles. The summed E-state index contributed by atoms with van der Waals surface area (Å²) in [6.07, 6.45) is -0.557. The third-order valence-electron chi connectivity index (χ3n) is 7.62. The number of hydrogen-bond donors (Lipinski definition) is 3. The predicted molar refractivity (Wildman–Crippen MR) is 185 cm³/mol. The second-order valence-electron chi connectivity index (χ2n) is 14.2. The van der Waals surface area contributed by atoms with Crippen molar-refractivity contribution in [3.8, 4) is 0 Å². The van der Waals surface area contributed by atoms with E-state index in [2.05, 4.69) is 10.6 Å². The van der Waals surface area contributed by atoms with Crippen LogP contribution in [-0.2, 0) is 35.1 Å². The summed E-state index contributed by atoms with van der Waals surface area (Å²) in [4.78, 5) is 69.1. The lowest BCUT2D eigenvalue weighted by atomic mass is 9.91. The monoisotopic (exact) mass is 666 g/mol. The van der Waals surface area contributed by atoms with Crippen LogP contribution in [0.25, 0.3) is 0 Å². The molecule has 11 heteroatoms. The van der Waals surface area contributed by atoms with Crippen molar-refractivity contribution in [2.24, 2.45) is 5.73 Å². The number of primary amides is 1. The predicted octanol–water partition coefficient (Wildman–Crippen LogP) is 5.20. The molecule has 4 atom stereocenters. The van der Waals surface area contributed by atoms with E-state index in [1.165, 1.54) is 4.90 Å². The van der Waals surface area contributed by atoms with Crippen LogP contribution in [0.4, 0.5) is 4.79 Å². The second-order valence-corrected chi connectivity index (χ2v) is 14.2. The van der Waals surface area contributed by atoms with Gasteiger partial charge < -0.3 is 30.7 Å². The quantitative estimate of drug-likeness (QED) is 0.234. The molecule has 0 bridgehead atoms. The molecular formula is C37H54N4O7. The number of esters is 1. The lowest BCUT2D eigenvalue weighted by Gasteiger charge is -2.39. The number of carbonyl (C=O) groups excluding carboxylic acids is 5. The highest BCUT2D eigenvalue weighted by Crippen LogP contribution is 2.32. The molecule has 11 nitrogen and oxygen atoms in total. The van der Waals surface area contributed by atoms with Crippen LogP contribution in [0, 0.1) is 13.8 Å². The smallest absolute Gasteiger partial charge is 0.408 e. The number of ether oxygens (including phenoxy) is 2. The van der Waals surface area contributed by atoms with Crippen molar-refractivity contribution in [3.05, 3.63) is 70.8 Å². The number of amides is 4. The van der Waals surface area contributed by atoms with Crippen LogP contribution in [0.2, 0.25) is 0 Å². The zero-order chi connectivity index (χ0) is 36.4. The molecule has 264 valence electrons. The van der Waals surface area contributed by atoms with Crippen molar-refractivity contribution < 1.29 is 33.4 Å². The molecule has 0 spiro atoms. The lowest BCUT2D eigenvalue weighted by Crippen LogP contribution is -2.57. The van der Waals surface area contributed by atoms with Crippen molar-refractivity contribution >= 4 is 29.8 Å². The summed E-state index contributed by atoms with van der Waals surface area (Å²) in [5.41, 5.74) is 6.67. The van der Waals surface area contributed by atoms with Crippen molar-refractivity contribution in [1.29, 1.82) is 0 Å². The normalized spacial score (nSPS) is 14.1. The van der Waals surface area contributed by atoms with E-state index in [9.17, 15) is 24.0 Å². The minimum absolute atomic E-state index is 0.115. The van der Waals surface area contributed by atoms with Gasteiger partial charge in [0.2, 0.25) is 17.7 Å². The van der Waals surface area contributed by atoms with Gasteiger partial charge in [-0.05, 0) is 97.4 Å². The van der Waals surface area contributed by atoms with Gasteiger partial charge in [0.1, 0.15) is 29.3 Å². The Labute approximate surface area is 285 Å². The first kappa shape index (κ1) is 39.8. The molecule has 0 aliphatic rings. The topological polar surface area (TPSA) is 157 Å². The van der Waals surface area contributed by atoms with E-state index in [0.717, 1.165) is 16.7 Å². The minimum Gasteiger partial charge on any atom is -0.458 e. The van der Waals surface area contributed by atoms with Gasteiger partial charge in [0.15, 0.2) is 0 Å². The lowest BCUT2D eigenvalue weighted by molar-refractivity contribution is -0.159. The summed E-state index contributed by atoms with van der Waals surface area (Å²) in [5.74, 6) is -2.47. The Hall–Kier alpha value is -4.41. The highest BCUT2D eigenvalue weighted by Gasteiger charge is 2.41. The van der Waals surface area contributed by atoms with Crippen LogP contribution in [0.3, 0.4) is 0 Å². The van der Waals surface area contributed by atoms with E-state index in [1.807, 2.05) is 69.3 Å². The minimum atomic E-state index is -1.24. The molecule has 48 heavy (non-hydrogen) atoms. The number of nitrogens with one attached hydrogen (secondary N) is 2. The summed E-state index contributed by atoms with van der Waals surface area (Å²) in [6.45, 7) is 17.7. The number of hydrogen-bond acceptors (Lipinski definition) is 7. The van der Waals surface area contributed by atoms with Gasteiger partial charge in [-0.1, -0.05) is 55.5 Å². The van der Waals surface area contributed by atoms with Crippen LogP contribution in [0.1, 0.15) is 103 Å². The number of nitrogens with two attached hydrogens (primary N) is 1. The number of benzene rings is 2. The average Bonchev–Trinajstić information content (AvgIpc) is 2.96. The Morgan fingerprint density at radius 1 is 0.812 bits per heavy atom. The maximum atomic E-state index is 14.7. The van der Waals surface area contributed by atoms with Crippen LogP contribution in [0.5, 0.6) is 0 Å². The standard InChI is InChI=1S/C37H54N4O7/c1-11-25(4)41(33(44)27(20-21-29(38)42)40-35(46)48-37(8,9)10)31(30-23(2)16-15-17-24(30)3)32(43)39-28(34(45)47-36(5,6)7)22-26-18-13-12-14-19-26/h12-19,25,27-28,31H,11,20-22H2,1-10H3,(H2,38,42)(H,39,43)(H,40,46). The first-order valence-electron chi connectivity index (χ1n) is 16.5. The molecule has 0 fully saturated rings. The summed E-state index contributed by atoms with van der Waals surface area (Å²) >= 11 is 0. The van der Waals surface area contributed by atoms with Gasteiger partial charge in [-0.25, -0.2) is 9.59 Å². The Balaban J connectivity index is 2.72. The molecule has 2 aromatic carbocycles. The Kier molecular flexibility index (Phi) is 14.2. The first-order chi connectivity index (χ1) is 22.2. The number of carbonyl (C=O) groups is 5. The van der Waals surface area contributed by atoms with Crippen molar-refractivity contribution in [2.75, 3.05) is 0 Å². The van der Waals surface area contributed by atoms with E-state index >= 15 is 0 Å². The van der Waals surface area contributed by atoms with Gasteiger partial charge >= 0.3 is 12.1 Å². The van der Waals surface area contributed by atoms with E-state index in [-0.39, 0.29) is 19.3 Å². The van der Waals surface area contributed by atoms with Crippen LogP contribution in [-0.4, -0.2) is 64.0 Å². The van der Waals surface area contributed by atoms with Crippen molar-refractivity contribution in [1.82, 2.24) is 15.5 Å². The zero-order valence-electron chi connectivity index (χ0n) is 30.1. The Bertz CT molecular complexity index is 1410. The maximum absolute atomic E-state index is 14.7. The van der Waals surface area contributed by atoms with E-state index in [1.54, 1.807) is 48.5 Å². The van der Waals surface area contributed by atoms with Crippen LogP contribution >= 0.6 is 0 Å². The SMILES string of the molecule is CCC(C)N(C(=O)C(CCC(N)=O)NC(=O)OC(C)(C)C)C(C(=O)NC(Cc1ccccc1)C(=O)OC(C)(C)C)c1c(C)cccc1C. The molecule has 2 rings (SSSR count). The fourth-order valence-corrected chi connectivity index (χ4v) is 5.29. The fourth-order valence-electron chi connectivity index (χ4n) is 5.29. The third-order valence-corrected chi connectivity index (χ3v) is 7.62. The summed E-state index contributed by atoms with van der Waals surface area (Å²) in [7, 11) is 0. The fraction of sp³-hybridized carbons (Fsp3) is 0.541. The molecule has 4 unspecified atom stereocenters. The van der Waals surface area contributed by atoms with Crippen LogP contribution in [0.15, 0.2) is 48.5 Å². The summed E-state index contributed by atoms with van der Waals surface area (Å²) in [5, 5.41) is 5.54. The third kappa shape index (κ3) is 12.3. The van der Waals surface area contributed by atoms with Crippen molar-refractivity contribution in [2.45, 2.75) is 130 Å². The molecule has 0 heterocycles. The van der Waals surface area contributed by atoms with Crippen LogP contribution < -0.4 is 16.4 Å². The molecular weight excluding hydrogens is 612 g/mol. The Morgan fingerprint density at radius 3 is 1.88 bits per heavy atom. The molecule has 4 amide bonds. The largest absolute Gasteiger partial charge is 0.458 e. The zero-order valence-corrected chi connectivity index (χ0v) is 30.1. The van der Waals surface area contributed by atoms with Crippen molar-refractivity contribution in [3.63, 3.8) is 0 Å².